The average Bonchev–Trinajstić information content (AvgIpc) is 3.28. The number of rotatable bonds is 5. The number of piperidine rings is 1. The summed E-state index contributed by atoms with van der Waals surface area (Å²) in [6.45, 7) is 4.21. The summed E-state index contributed by atoms with van der Waals surface area (Å²) in [6, 6.07) is 10.6. The highest BCUT2D eigenvalue weighted by atomic mass is 16.5. The molecule has 0 bridgehead atoms. The largest absolute Gasteiger partial charge is 0.381 e. The fourth-order valence-electron chi connectivity index (χ4n) is 4.22. The van der Waals surface area contributed by atoms with Gasteiger partial charge in [-0.25, -0.2) is 4.68 Å². The maximum atomic E-state index is 12.8. The Morgan fingerprint density at radius 2 is 2.04 bits per heavy atom. The first kappa shape index (κ1) is 18.2. The number of ether oxygens (including phenoxy) is 1. The standard InChI is InChI=1S/C21H28N4O2/c26-21(18-6-3-11-24(16-18)19-8-13-27-14-9-19)22-15-17-5-1-2-7-20(17)25-12-4-10-23-25/h1-2,4-5,7,10,12,18-19H,3,6,8-9,11,13-16H2,(H,22,26). The van der Waals surface area contributed by atoms with Crippen LogP contribution in [0.1, 0.15) is 31.2 Å². The second-order valence-electron chi connectivity index (χ2n) is 7.47. The molecule has 0 aliphatic carbocycles. The molecule has 0 radical (unpaired) electrons. The van der Waals surface area contributed by atoms with E-state index >= 15 is 0 Å². The molecule has 2 saturated heterocycles. The van der Waals surface area contributed by atoms with E-state index in [1.807, 2.05) is 41.2 Å². The number of aromatic nitrogens is 2. The number of nitrogens with one attached hydrogen (secondary N) is 1. The molecule has 1 aromatic carbocycles. The molecule has 2 aliphatic rings. The van der Waals surface area contributed by atoms with Gasteiger partial charge in [-0.05, 0) is 49.9 Å². The molecular weight excluding hydrogens is 340 g/mol. The first-order valence-corrected chi connectivity index (χ1v) is 9.98. The van der Waals surface area contributed by atoms with Gasteiger partial charge in [-0.1, -0.05) is 18.2 Å². The first-order valence-electron chi connectivity index (χ1n) is 9.98. The van der Waals surface area contributed by atoms with Gasteiger partial charge in [0.05, 0.1) is 11.6 Å². The number of likely N-dealkylation sites (tertiary alicyclic amines) is 1. The molecule has 1 unspecified atom stereocenters. The van der Waals surface area contributed by atoms with E-state index in [-0.39, 0.29) is 11.8 Å². The summed E-state index contributed by atoms with van der Waals surface area (Å²) in [6.07, 6.45) is 7.94. The Hall–Kier alpha value is -2.18. The SMILES string of the molecule is O=C(NCc1ccccc1-n1cccn1)C1CCCN(C2CCOCC2)C1. The van der Waals surface area contributed by atoms with E-state index < -0.39 is 0 Å². The minimum Gasteiger partial charge on any atom is -0.381 e. The molecule has 2 aromatic rings. The Bertz CT molecular complexity index is 740. The quantitative estimate of drug-likeness (QED) is 0.880. The third kappa shape index (κ3) is 4.39. The zero-order valence-corrected chi connectivity index (χ0v) is 15.7. The topological polar surface area (TPSA) is 59.4 Å². The van der Waals surface area contributed by atoms with Crippen molar-refractivity contribution >= 4 is 5.91 Å². The second-order valence-corrected chi connectivity index (χ2v) is 7.47. The maximum Gasteiger partial charge on any atom is 0.224 e. The fourth-order valence-corrected chi connectivity index (χ4v) is 4.22. The van der Waals surface area contributed by atoms with Gasteiger partial charge in [-0.15, -0.1) is 0 Å². The Kier molecular flexibility index (Phi) is 5.84. The molecule has 2 aliphatic heterocycles. The summed E-state index contributed by atoms with van der Waals surface area (Å²) in [7, 11) is 0. The van der Waals surface area contributed by atoms with E-state index in [1.54, 1.807) is 6.20 Å². The lowest BCUT2D eigenvalue weighted by Gasteiger charge is -2.39. The summed E-state index contributed by atoms with van der Waals surface area (Å²) < 4.78 is 7.32. The molecule has 0 spiro atoms. The van der Waals surface area contributed by atoms with Crippen molar-refractivity contribution in [3.05, 3.63) is 48.3 Å². The van der Waals surface area contributed by atoms with Crippen molar-refractivity contribution in [2.45, 2.75) is 38.3 Å². The predicted molar refractivity (Wildman–Crippen MR) is 104 cm³/mol. The van der Waals surface area contributed by atoms with Crippen LogP contribution in [0.2, 0.25) is 0 Å². The maximum absolute atomic E-state index is 12.8. The van der Waals surface area contributed by atoms with Gasteiger partial charge in [0.1, 0.15) is 0 Å². The second kappa shape index (κ2) is 8.67. The van der Waals surface area contributed by atoms with Crippen LogP contribution in [-0.4, -0.2) is 52.9 Å². The van der Waals surface area contributed by atoms with Crippen molar-refractivity contribution in [2.24, 2.45) is 5.92 Å². The number of carbonyl (C=O) groups is 1. The third-order valence-electron chi connectivity index (χ3n) is 5.73. The van der Waals surface area contributed by atoms with Crippen LogP contribution in [0.3, 0.4) is 0 Å². The van der Waals surface area contributed by atoms with Crippen LogP contribution < -0.4 is 5.32 Å². The van der Waals surface area contributed by atoms with Gasteiger partial charge in [0, 0.05) is 44.7 Å². The van der Waals surface area contributed by atoms with Gasteiger partial charge in [0.25, 0.3) is 0 Å². The zero-order valence-electron chi connectivity index (χ0n) is 15.7. The van der Waals surface area contributed by atoms with Crippen molar-refractivity contribution in [3.63, 3.8) is 0 Å². The van der Waals surface area contributed by atoms with E-state index in [0.717, 1.165) is 63.2 Å². The van der Waals surface area contributed by atoms with Crippen molar-refractivity contribution < 1.29 is 9.53 Å². The van der Waals surface area contributed by atoms with Crippen LogP contribution in [0.5, 0.6) is 0 Å². The lowest BCUT2D eigenvalue weighted by atomic mass is 9.94. The van der Waals surface area contributed by atoms with Crippen LogP contribution in [-0.2, 0) is 16.1 Å². The molecule has 3 heterocycles. The highest BCUT2D eigenvalue weighted by molar-refractivity contribution is 5.79. The Balaban J connectivity index is 1.36. The smallest absolute Gasteiger partial charge is 0.224 e. The zero-order chi connectivity index (χ0) is 18.5. The molecular formula is C21H28N4O2. The van der Waals surface area contributed by atoms with Gasteiger partial charge in [0.15, 0.2) is 0 Å². The highest BCUT2D eigenvalue weighted by Gasteiger charge is 2.30. The lowest BCUT2D eigenvalue weighted by Crippen LogP contribution is -2.48. The lowest BCUT2D eigenvalue weighted by molar-refractivity contribution is -0.127. The van der Waals surface area contributed by atoms with Crippen molar-refractivity contribution in [3.8, 4) is 5.69 Å². The summed E-state index contributed by atoms with van der Waals surface area (Å²) in [4.78, 5) is 15.3. The summed E-state index contributed by atoms with van der Waals surface area (Å²) in [5.74, 6) is 0.250. The summed E-state index contributed by atoms with van der Waals surface area (Å²) >= 11 is 0. The summed E-state index contributed by atoms with van der Waals surface area (Å²) in [5, 5.41) is 7.48. The van der Waals surface area contributed by atoms with Gasteiger partial charge in [-0.2, -0.15) is 5.10 Å². The number of hydrogen-bond acceptors (Lipinski definition) is 4. The number of hydrogen-bond donors (Lipinski definition) is 1. The molecule has 2 fully saturated rings. The van der Waals surface area contributed by atoms with E-state index in [4.69, 9.17) is 4.74 Å². The van der Waals surface area contributed by atoms with E-state index in [9.17, 15) is 4.79 Å². The normalized spacial score (nSPS) is 21.9. The first-order chi connectivity index (χ1) is 13.3. The number of nitrogens with zero attached hydrogens (tertiary/aromatic N) is 3. The molecule has 6 nitrogen and oxygen atoms in total. The van der Waals surface area contributed by atoms with Crippen LogP contribution in [0.15, 0.2) is 42.7 Å². The molecule has 27 heavy (non-hydrogen) atoms. The molecule has 0 saturated carbocycles. The molecule has 144 valence electrons. The number of para-hydroxylation sites is 1. The number of carbonyl (C=O) groups excluding carboxylic acids is 1. The number of amides is 1. The number of benzene rings is 1. The van der Waals surface area contributed by atoms with Gasteiger partial charge >= 0.3 is 0 Å². The van der Waals surface area contributed by atoms with Gasteiger partial charge < -0.3 is 10.1 Å². The summed E-state index contributed by atoms with van der Waals surface area (Å²) in [5.41, 5.74) is 2.09. The van der Waals surface area contributed by atoms with Crippen molar-refractivity contribution in [1.29, 1.82) is 0 Å². The van der Waals surface area contributed by atoms with E-state index in [0.29, 0.717) is 12.6 Å². The van der Waals surface area contributed by atoms with Crippen LogP contribution in [0.25, 0.3) is 5.69 Å². The monoisotopic (exact) mass is 368 g/mol. The molecule has 1 atom stereocenters. The van der Waals surface area contributed by atoms with E-state index in [2.05, 4.69) is 15.3 Å². The molecule has 1 N–H and O–H groups in total. The predicted octanol–water partition coefficient (Wildman–Crippen LogP) is 2.38. The van der Waals surface area contributed by atoms with Gasteiger partial charge in [0.2, 0.25) is 5.91 Å². The minimum atomic E-state index is 0.0819. The molecule has 6 heteroatoms. The molecule has 4 rings (SSSR count). The Morgan fingerprint density at radius 1 is 1.19 bits per heavy atom. The molecule has 1 amide bonds. The molecule has 1 aromatic heterocycles. The van der Waals surface area contributed by atoms with Crippen LogP contribution >= 0.6 is 0 Å². The van der Waals surface area contributed by atoms with Gasteiger partial charge in [-0.3, -0.25) is 9.69 Å². The van der Waals surface area contributed by atoms with Crippen LogP contribution in [0, 0.1) is 5.92 Å². The highest BCUT2D eigenvalue weighted by Crippen LogP contribution is 2.23. The third-order valence-corrected chi connectivity index (χ3v) is 5.73. The van der Waals surface area contributed by atoms with Crippen molar-refractivity contribution in [1.82, 2.24) is 20.0 Å². The fraction of sp³-hybridized carbons (Fsp3) is 0.524. The van der Waals surface area contributed by atoms with Crippen molar-refractivity contribution in [2.75, 3.05) is 26.3 Å². The average molecular weight is 368 g/mol. The minimum absolute atomic E-state index is 0.0819. The Morgan fingerprint density at radius 3 is 2.85 bits per heavy atom. The Labute approximate surface area is 160 Å². The van der Waals surface area contributed by atoms with Crippen LogP contribution in [0.4, 0.5) is 0 Å². The van der Waals surface area contributed by atoms with E-state index in [1.165, 1.54) is 0 Å².